The predicted octanol–water partition coefficient (Wildman–Crippen LogP) is 2.93. The Kier molecular flexibility index (Phi) is 9.36. The van der Waals surface area contributed by atoms with Crippen LogP contribution in [0.15, 0.2) is 23.2 Å². The van der Waals surface area contributed by atoms with Gasteiger partial charge in [0.1, 0.15) is 5.75 Å². The molecule has 2 fully saturated rings. The Morgan fingerprint density at radius 3 is 2.90 bits per heavy atom. The Hall–Kier alpha value is -1.70. The third kappa shape index (κ3) is 6.93. The number of rotatable bonds is 9. The van der Waals surface area contributed by atoms with E-state index in [1.807, 2.05) is 25.2 Å². The standard InChI is InChI=1S/C22H35ClN4O3/c1-24-22(25-9-3-11-30-16-17-7-12-29-13-8-17)26-19-6-10-27(15-19)20-14-18(23)4-5-21(20)28-2/h4-5,14,17,19H,3,6-13,15-16H2,1-2H3,(H2,24,25,26). The minimum atomic E-state index is 0.324. The predicted molar refractivity (Wildman–Crippen MR) is 122 cm³/mol. The van der Waals surface area contributed by atoms with Gasteiger partial charge in [-0.25, -0.2) is 0 Å². The summed E-state index contributed by atoms with van der Waals surface area (Å²) in [7, 11) is 3.50. The zero-order valence-corrected chi connectivity index (χ0v) is 18.9. The van der Waals surface area contributed by atoms with Crippen molar-refractivity contribution < 1.29 is 14.2 Å². The van der Waals surface area contributed by atoms with Crippen molar-refractivity contribution in [2.24, 2.45) is 10.9 Å². The Labute approximate surface area is 185 Å². The van der Waals surface area contributed by atoms with E-state index in [2.05, 4.69) is 20.5 Å². The number of hydrogen-bond donors (Lipinski definition) is 2. The van der Waals surface area contributed by atoms with E-state index in [1.165, 1.54) is 0 Å². The van der Waals surface area contributed by atoms with Gasteiger partial charge in [-0.05, 0) is 49.8 Å². The molecule has 8 heteroatoms. The number of halogens is 1. The minimum absolute atomic E-state index is 0.324. The van der Waals surface area contributed by atoms with E-state index < -0.39 is 0 Å². The number of aliphatic imine (C=N–C) groups is 1. The summed E-state index contributed by atoms with van der Waals surface area (Å²) in [5.74, 6) is 2.34. The molecule has 2 heterocycles. The van der Waals surface area contributed by atoms with Crippen LogP contribution in [0.25, 0.3) is 0 Å². The summed E-state index contributed by atoms with van der Waals surface area (Å²) in [6, 6.07) is 6.07. The van der Waals surface area contributed by atoms with Crippen LogP contribution in [0.5, 0.6) is 5.75 Å². The van der Waals surface area contributed by atoms with Crippen LogP contribution in [-0.4, -0.2) is 72.2 Å². The fraction of sp³-hybridized carbons (Fsp3) is 0.682. The van der Waals surface area contributed by atoms with Crippen LogP contribution >= 0.6 is 11.6 Å². The lowest BCUT2D eigenvalue weighted by atomic mass is 10.0. The number of ether oxygens (including phenoxy) is 3. The van der Waals surface area contributed by atoms with E-state index in [-0.39, 0.29) is 0 Å². The summed E-state index contributed by atoms with van der Waals surface area (Å²) in [6.07, 6.45) is 4.23. The van der Waals surface area contributed by atoms with Crippen LogP contribution in [0.4, 0.5) is 5.69 Å². The molecule has 0 bridgehead atoms. The molecule has 2 saturated heterocycles. The summed E-state index contributed by atoms with van der Waals surface area (Å²) in [5, 5.41) is 7.65. The van der Waals surface area contributed by atoms with Gasteiger partial charge in [0.25, 0.3) is 0 Å². The van der Waals surface area contributed by atoms with Gasteiger partial charge in [-0.1, -0.05) is 11.6 Å². The fourth-order valence-corrected chi connectivity index (χ4v) is 4.11. The number of nitrogens with zero attached hydrogens (tertiary/aromatic N) is 2. The molecular weight excluding hydrogens is 404 g/mol. The van der Waals surface area contributed by atoms with Crippen molar-refractivity contribution in [2.75, 3.05) is 65.1 Å². The zero-order chi connectivity index (χ0) is 21.2. The monoisotopic (exact) mass is 438 g/mol. The second-order valence-corrected chi connectivity index (χ2v) is 8.31. The Balaban J connectivity index is 1.34. The summed E-state index contributed by atoms with van der Waals surface area (Å²) < 4.78 is 16.7. The molecule has 1 atom stereocenters. The molecule has 0 aliphatic carbocycles. The van der Waals surface area contributed by atoms with E-state index in [9.17, 15) is 0 Å². The number of nitrogens with one attached hydrogen (secondary N) is 2. The quantitative estimate of drug-likeness (QED) is 0.351. The third-order valence-electron chi connectivity index (χ3n) is 5.69. The fourth-order valence-electron chi connectivity index (χ4n) is 3.94. The summed E-state index contributed by atoms with van der Waals surface area (Å²) in [6.45, 7) is 6.04. The molecule has 0 radical (unpaired) electrons. The highest BCUT2D eigenvalue weighted by Crippen LogP contribution is 2.33. The van der Waals surface area contributed by atoms with Gasteiger partial charge in [-0.2, -0.15) is 0 Å². The van der Waals surface area contributed by atoms with Gasteiger partial charge in [0.2, 0.25) is 0 Å². The lowest BCUT2D eigenvalue weighted by molar-refractivity contribution is 0.0203. The number of guanidine groups is 1. The molecule has 1 unspecified atom stereocenters. The highest BCUT2D eigenvalue weighted by Gasteiger charge is 2.25. The molecule has 0 saturated carbocycles. The Morgan fingerprint density at radius 2 is 2.13 bits per heavy atom. The van der Waals surface area contributed by atoms with E-state index >= 15 is 0 Å². The number of benzene rings is 1. The van der Waals surface area contributed by atoms with E-state index in [0.717, 1.165) is 94.2 Å². The first-order chi connectivity index (χ1) is 14.7. The Morgan fingerprint density at radius 1 is 1.30 bits per heavy atom. The first kappa shape index (κ1) is 23.0. The second kappa shape index (κ2) is 12.2. The maximum Gasteiger partial charge on any atom is 0.191 e. The molecule has 3 rings (SSSR count). The van der Waals surface area contributed by atoms with Crippen molar-refractivity contribution in [3.05, 3.63) is 23.2 Å². The van der Waals surface area contributed by atoms with Crippen molar-refractivity contribution in [3.8, 4) is 5.75 Å². The van der Waals surface area contributed by atoms with Crippen molar-refractivity contribution in [2.45, 2.75) is 31.7 Å². The third-order valence-corrected chi connectivity index (χ3v) is 5.92. The van der Waals surface area contributed by atoms with Gasteiger partial charge >= 0.3 is 0 Å². The van der Waals surface area contributed by atoms with E-state index in [0.29, 0.717) is 12.0 Å². The van der Waals surface area contributed by atoms with Crippen molar-refractivity contribution >= 4 is 23.2 Å². The van der Waals surface area contributed by atoms with Gasteiger partial charge in [0, 0.05) is 64.2 Å². The SMILES string of the molecule is CN=C(NCCCOCC1CCOCC1)NC1CCN(c2cc(Cl)ccc2OC)C1. The topological polar surface area (TPSA) is 67.4 Å². The molecule has 30 heavy (non-hydrogen) atoms. The summed E-state index contributed by atoms with van der Waals surface area (Å²) >= 11 is 6.19. The van der Waals surface area contributed by atoms with Gasteiger partial charge in [0.05, 0.1) is 12.8 Å². The second-order valence-electron chi connectivity index (χ2n) is 7.88. The molecule has 7 nitrogen and oxygen atoms in total. The normalized spacial score (nSPS) is 20.4. The number of hydrogen-bond acceptors (Lipinski definition) is 5. The molecule has 168 valence electrons. The van der Waals surface area contributed by atoms with Crippen LogP contribution in [0, 0.1) is 5.92 Å². The van der Waals surface area contributed by atoms with E-state index in [1.54, 1.807) is 7.11 Å². The zero-order valence-electron chi connectivity index (χ0n) is 18.2. The molecule has 0 spiro atoms. The highest BCUT2D eigenvalue weighted by molar-refractivity contribution is 6.30. The van der Waals surface area contributed by atoms with Crippen LogP contribution < -0.4 is 20.3 Å². The maximum atomic E-state index is 6.19. The molecule has 0 amide bonds. The number of anilines is 1. The van der Waals surface area contributed by atoms with Gasteiger partial charge in [-0.3, -0.25) is 4.99 Å². The Bertz CT molecular complexity index is 682. The highest BCUT2D eigenvalue weighted by atomic mass is 35.5. The largest absolute Gasteiger partial charge is 0.495 e. The summed E-state index contributed by atoms with van der Waals surface area (Å²) in [4.78, 5) is 6.67. The lowest BCUT2D eigenvalue weighted by Gasteiger charge is -2.22. The van der Waals surface area contributed by atoms with Crippen LogP contribution in [-0.2, 0) is 9.47 Å². The molecule has 2 aliphatic heterocycles. The molecule has 2 aliphatic rings. The van der Waals surface area contributed by atoms with E-state index in [4.69, 9.17) is 25.8 Å². The summed E-state index contributed by atoms with van der Waals surface area (Å²) in [5.41, 5.74) is 1.04. The van der Waals surface area contributed by atoms with Gasteiger partial charge < -0.3 is 29.7 Å². The molecular formula is C22H35ClN4O3. The van der Waals surface area contributed by atoms with Crippen LogP contribution in [0.1, 0.15) is 25.7 Å². The molecule has 1 aromatic carbocycles. The number of methoxy groups -OCH3 is 1. The van der Waals surface area contributed by atoms with Crippen molar-refractivity contribution in [1.29, 1.82) is 0 Å². The average molecular weight is 439 g/mol. The lowest BCUT2D eigenvalue weighted by Crippen LogP contribution is -2.45. The smallest absolute Gasteiger partial charge is 0.191 e. The van der Waals surface area contributed by atoms with Crippen LogP contribution in [0.3, 0.4) is 0 Å². The molecule has 2 N–H and O–H groups in total. The van der Waals surface area contributed by atoms with Crippen molar-refractivity contribution in [1.82, 2.24) is 10.6 Å². The van der Waals surface area contributed by atoms with Crippen LogP contribution in [0.2, 0.25) is 5.02 Å². The minimum Gasteiger partial charge on any atom is -0.495 e. The molecule has 0 aromatic heterocycles. The average Bonchev–Trinajstić information content (AvgIpc) is 3.24. The van der Waals surface area contributed by atoms with Gasteiger partial charge in [0.15, 0.2) is 5.96 Å². The maximum absolute atomic E-state index is 6.19. The first-order valence-corrected chi connectivity index (χ1v) is 11.3. The van der Waals surface area contributed by atoms with Crippen molar-refractivity contribution in [3.63, 3.8) is 0 Å². The first-order valence-electron chi connectivity index (χ1n) is 10.9. The molecule has 1 aromatic rings. The van der Waals surface area contributed by atoms with Gasteiger partial charge in [-0.15, -0.1) is 0 Å².